The fourth-order valence-electron chi connectivity index (χ4n) is 1.45. The minimum atomic E-state index is 0.236. The number of hydrogen-bond donors (Lipinski definition) is 0. The van der Waals surface area contributed by atoms with Gasteiger partial charge in [0.2, 0.25) is 6.04 Å². The van der Waals surface area contributed by atoms with Gasteiger partial charge in [0.15, 0.2) is 0 Å². The van der Waals surface area contributed by atoms with E-state index in [1.54, 1.807) is 0 Å². The van der Waals surface area contributed by atoms with Crippen LogP contribution in [0.3, 0.4) is 0 Å². The van der Waals surface area contributed by atoms with E-state index in [1.807, 2.05) is 0 Å². The van der Waals surface area contributed by atoms with Crippen LogP contribution in [0.15, 0.2) is 0 Å². The van der Waals surface area contributed by atoms with Gasteiger partial charge in [-0.1, -0.05) is 0 Å². The van der Waals surface area contributed by atoms with Crippen LogP contribution in [0, 0.1) is 6.57 Å². The average molecular weight is 138 g/mol. The first-order valence-electron chi connectivity index (χ1n) is 3.64. The normalized spacial score (nSPS) is 32.0. The van der Waals surface area contributed by atoms with Gasteiger partial charge in [0, 0.05) is 12.0 Å². The van der Waals surface area contributed by atoms with Crippen LogP contribution in [0.25, 0.3) is 4.85 Å². The van der Waals surface area contributed by atoms with E-state index in [0.717, 1.165) is 13.0 Å². The monoisotopic (exact) mass is 138 g/mol. The van der Waals surface area contributed by atoms with Crippen molar-refractivity contribution in [3.05, 3.63) is 11.4 Å². The molecule has 1 saturated heterocycles. The first-order valence-corrected chi connectivity index (χ1v) is 3.64. The van der Waals surface area contributed by atoms with Gasteiger partial charge in [-0.25, -0.2) is 6.57 Å². The summed E-state index contributed by atoms with van der Waals surface area (Å²) in [5, 5.41) is 0. The summed E-state index contributed by atoms with van der Waals surface area (Å²) >= 11 is 0. The molecular formula is C8H14N2. The summed E-state index contributed by atoms with van der Waals surface area (Å²) < 4.78 is 0. The summed E-state index contributed by atoms with van der Waals surface area (Å²) in [7, 11) is 2.09. The van der Waals surface area contributed by atoms with Crippen molar-refractivity contribution in [2.75, 3.05) is 13.6 Å². The lowest BCUT2D eigenvalue weighted by Gasteiger charge is -2.25. The topological polar surface area (TPSA) is 7.60 Å². The molecule has 1 aliphatic rings. The summed E-state index contributed by atoms with van der Waals surface area (Å²) in [6.45, 7) is 12.2. The first kappa shape index (κ1) is 7.56. The molecule has 10 heavy (non-hydrogen) atoms. The molecule has 0 amide bonds. The van der Waals surface area contributed by atoms with Crippen molar-refractivity contribution in [2.45, 2.75) is 31.8 Å². The van der Waals surface area contributed by atoms with Crippen LogP contribution in [-0.4, -0.2) is 30.1 Å². The minimum absolute atomic E-state index is 0.236. The van der Waals surface area contributed by atoms with E-state index < -0.39 is 0 Å². The van der Waals surface area contributed by atoms with Crippen LogP contribution in [-0.2, 0) is 0 Å². The van der Waals surface area contributed by atoms with E-state index in [1.165, 1.54) is 0 Å². The first-order chi connectivity index (χ1) is 4.56. The Bertz CT molecular complexity index is 167. The minimum Gasteiger partial charge on any atom is -0.312 e. The van der Waals surface area contributed by atoms with Crippen molar-refractivity contribution < 1.29 is 0 Å². The zero-order valence-electron chi connectivity index (χ0n) is 6.89. The van der Waals surface area contributed by atoms with Gasteiger partial charge in [-0.05, 0) is 20.9 Å². The summed E-state index contributed by atoms with van der Waals surface area (Å²) in [5.41, 5.74) is 0.245. The van der Waals surface area contributed by atoms with E-state index in [-0.39, 0.29) is 11.6 Å². The summed E-state index contributed by atoms with van der Waals surface area (Å²) in [4.78, 5) is 5.80. The van der Waals surface area contributed by atoms with Gasteiger partial charge >= 0.3 is 0 Å². The number of rotatable bonds is 0. The van der Waals surface area contributed by atoms with Gasteiger partial charge in [-0.3, -0.25) is 4.90 Å². The van der Waals surface area contributed by atoms with Crippen LogP contribution >= 0.6 is 0 Å². The quantitative estimate of drug-likeness (QED) is 0.459. The molecule has 0 radical (unpaired) electrons. The van der Waals surface area contributed by atoms with Gasteiger partial charge in [0.25, 0.3) is 0 Å². The molecule has 56 valence electrons. The average Bonchev–Trinajstić information content (AvgIpc) is 2.08. The Morgan fingerprint density at radius 3 is 2.40 bits per heavy atom. The van der Waals surface area contributed by atoms with E-state index in [2.05, 4.69) is 30.6 Å². The van der Waals surface area contributed by atoms with Crippen LogP contribution in [0.1, 0.15) is 20.3 Å². The molecule has 1 aliphatic heterocycles. The second-order valence-corrected chi connectivity index (χ2v) is 3.68. The Labute approximate surface area is 62.7 Å². The van der Waals surface area contributed by atoms with E-state index in [0.29, 0.717) is 0 Å². The van der Waals surface area contributed by atoms with Gasteiger partial charge in [-0.15, -0.1) is 0 Å². The molecule has 1 unspecified atom stereocenters. The second-order valence-electron chi connectivity index (χ2n) is 3.68. The van der Waals surface area contributed by atoms with Crippen molar-refractivity contribution in [3.8, 4) is 0 Å². The number of likely N-dealkylation sites (tertiary alicyclic amines) is 1. The number of likely N-dealkylation sites (N-methyl/N-ethyl adjacent to an activating group) is 1. The van der Waals surface area contributed by atoms with Crippen LogP contribution in [0.5, 0.6) is 0 Å². The van der Waals surface area contributed by atoms with Gasteiger partial charge in [0.1, 0.15) is 0 Å². The summed E-state index contributed by atoms with van der Waals surface area (Å²) in [6, 6.07) is 0.236. The van der Waals surface area contributed by atoms with Crippen LogP contribution in [0.4, 0.5) is 0 Å². The molecule has 0 N–H and O–H groups in total. The maximum atomic E-state index is 6.86. The molecule has 1 fully saturated rings. The summed E-state index contributed by atoms with van der Waals surface area (Å²) in [6.07, 6.45) is 1.02. The molecule has 0 spiro atoms. The van der Waals surface area contributed by atoms with Crippen LogP contribution < -0.4 is 0 Å². The highest BCUT2D eigenvalue weighted by atomic mass is 15.2. The molecule has 0 aromatic carbocycles. The Morgan fingerprint density at radius 2 is 2.20 bits per heavy atom. The highest BCUT2D eigenvalue weighted by molar-refractivity contribution is 4.99. The lowest BCUT2D eigenvalue weighted by molar-refractivity contribution is 0.218. The maximum Gasteiger partial charge on any atom is 0.237 e. The Balaban J connectivity index is 2.64. The predicted molar refractivity (Wildman–Crippen MR) is 41.7 cm³/mol. The molecule has 0 saturated carbocycles. The Hall–Kier alpha value is -0.550. The third-order valence-corrected chi connectivity index (χ3v) is 2.44. The number of hydrogen-bond acceptors (Lipinski definition) is 1. The second kappa shape index (κ2) is 2.25. The fourth-order valence-corrected chi connectivity index (χ4v) is 1.45. The van der Waals surface area contributed by atoms with Crippen LogP contribution in [0.2, 0.25) is 0 Å². The van der Waals surface area contributed by atoms with E-state index in [4.69, 9.17) is 6.57 Å². The SMILES string of the molecule is [C-]#[N+]C1CN(C)C(C)(C)C1. The lowest BCUT2D eigenvalue weighted by atomic mass is 10.0. The van der Waals surface area contributed by atoms with Crippen molar-refractivity contribution in [1.29, 1.82) is 0 Å². The van der Waals surface area contributed by atoms with Crippen molar-refractivity contribution in [1.82, 2.24) is 4.90 Å². The largest absolute Gasteiger partial charge is 0.312 e. The van der Waals surface area contributed by atoms with E-state index in [9.17, 15) is 0 Å². The zero-order chi connectivity index (χ0) is 7.78. The standard InChI is InChI=1S/C8H14N2/c1-8(2)5-7(9-3)6-10(8)4/h7H,5-6H2,1-2,4H3. The van der Waals surface area contributed by atoms with Gasteiger partial charge in [-0.2, -0.15) is 0 Å². The summed E-state index contributed by atoms with van der Waals surface area (Å²) in [5.74, 6) is 0. The molecule has 0 aromatic rings. The third-order valence-electron chi connectivity index (χ3n) is 2.44. The highest BCUT2D eigenvalue weighted by Gasteiger charge is 2.39. The molecule has 0 aromatic heterocycles. The lowest BCUT2D eigenvalue weighted by Crippen LogP contribution is -2.34. The predicted octanol–water partition coefficient (Wildman–Crippen LogP) is 1.39. The molecule has 1 atom stereocenters. The maximum absolute atomic E-state index is 6.86. The van der Waals surface area contributed by atoms with E-state index >= 15 is 0 Å². The van der Waals surface area contributed by atoms with Crippen molar-refractivity contribution in [2.24, 2.45) is 0 Å². The Kier molecular flexibility index (Phi) is 1.70. The smallest absolute Gasteiger partial charge is 0.237 e. The highest BCUT2D eigenvalue weighted by Crippen LogP contribution is 2.28. The molecule has 1 rings (SSSR count). The van der Waals surface area contributed by atoms with Crippen molar-refractivity contribution in [3.63, 3.8) is 0 Å². The molecule has 1 heterocycles. The fraction of sp³-hybridized carbons (Fsp3) is 0.875. The van der Waals surface area contributed by atoms with Gasteiger partial charge < -0.3 is 4.85 Å². The third kappa shape index (κ3) is 1.15. The molecule has 2 nitrogen and oxygen atoms in total. The zero-order valence-corrected chi connectivity index (χ0v) is 6.89. The molecule has 0 bridgehead atoms. The molecular weight excluding hydrogens is 124 g/mol. The molecule has 2 heteroatoms. The van der Waals surface area contributed by atoms with Gasteiger partial charge in [0.05, 0.1) is 6.54 Å². The van der Waals surface area contributed by atoms with Crippen molar-refractivity contribution >= 4 is 0 Å². The number of nitrogens with zero attached hydrogens (tertiary/aromatic N) is 2. The molecule has 0 aliphatic carbocycles. The Morgan fingerprint density at radius 1 is 1.60 bits per heavy atom.